The summed E-state index contributed by atoms with van der Waals surface area (Å²) < 4.78 is 5.30. The molecule has 1 saturated heterocycles. The lowest BCUT2D eigenvalue weighted by Crippen LogP contribution is -2.34. The second-order valence-corrected chi connectivity index (χ2v) is 3.95. The molecule has 0 unspecified atom stereocenters. The predicted octanol–water partition coefficient (Wildman–Crippen LogP) is 2.33. The molecule has 0 radical (unpaired) electrons. The van der Waals surface area contributed by atoms with Gasteiger partial charge < -0.3 is 10.1 Å². The zero-order valence-electron chi connectivity index (χ0n) is 8.89. The molecule has 1 aromatic rings. The third-order valence-corrected chi connectivity index (χ3v) is 2.83. The van der Waals surface area contributed by atoms with Crippen molar-refractivity contribution >= 4 is 29.7 Å². The SMILES string of the molecule is Cl.O=[N+]([O-])c1ccc(Cl)c([C@H]2COCCN2)c1. The van der Waals surface area contributed by atoms with Gasteiger partial charge in [-0.15, -0.1) is 12.4 Å². The van der Waals surface area contributed by atoms with Crippen molar-refractivity contribution in [1.82, 2.24) is 5.32 Å². The van der Waals surface area contributed by atoms with Crippen LogP contribution < -0.4 is 5.32 Å². The average Bonchev–Trinajstić information content (AvgIpc) is 2.30. The smallest absolute Gasteiger partial charge is 0.269 e. The number of nitro benzene ring substituents is 1. The monoisotopic (exact) mass is 278 g/mol. The Labute approximate surface area is 110 Å². The molecule has 1 heterocycles. The van der Waals surface area contributed by atoms with Gasteiger partial charge in [-0.2, -0.15) is 0 Å². The highest BCUT2D eigenvalue weighted by molar-refractivity contribution is 6.31. The van der Waals surface area contributed by atoms with Gasteiger partial charge in [0.2, 0.25) is 0 Å². The predicted molar refractivity (Wildman–Crippen MR) is 66.9 cm³/mol. The first-order valence-electron chi connectivity index (χ1n) is 4.93. The van der Waals surface area contributed by atoms with E-state index < -0.39 is 4.92 Å². The average molecular weight is 279 g/mol. The quantitative estimate of drug-likeness (QED) is 0.666. The Hall–Kier alpha value is -0.880. The molecule has 1 atom stereocenters. The minimum atomic E-state index is -0.427. The van der Waals surface area contributed by atoms with Crippen molar-refractivity contribution in [3.8, 4) is 0 Å². The lowest BCUT2D eigenvalue weighted by Gasteiger charge is -2.24. The molecule has 2 rings (SSSR count). The van der Waals surface area contributed by atoms with Crippen LogP contribution in [0.4, 0.5) is 5.69 Å². The van der Waals surface area contributed by atoms with Gasteiger partial charge in [0.05, 0.1) is 24.2 Å². The Morgan fingerprint density at radius 3 is 2.88 bits per heavy atom. The van der Waals surface area contributed by atoms with Crippen molar-refractivity contribution in [1.29, 1.82) is 0 Å². The summed E-state index contributed by atoms with van der Waals surface area (Å²) in [5.41, 5.74) is 0.766. The molecule has 1 aliphatic heterocycles. The maximum Gasteiger partial charge on any atom is 0.269 e. The van der Waals surface area contributed by atoms with Crippen LogP contribution in [0.2, 0.25) is 5.02 Å². The van der Waals surface area contributed by atoms with Crippen molar-refractivity contribution in [2.75, 3.05) is 19.8 Å². The maximum absolute atomic E-state index is 10.7. The number of nitrogens with one attached hydrogen (secondary N) is 1. The molecule has 0 saturated carbocycles. The Morgan fingerprint density at radius 1 is 1.53 bits per heavy atom. The van der Waals surface area contributed by atoms with Gasteiger partial charge in [0, 0.05) is 23.7 Å². The lowest BCUT2D eigenvalue weighted by molar-refractivity contribution is -0.384. The van der Waals surface area contributed by atoms with E-state index in [-0.39, 0.29) is 24.1 Å². The molecule has 0 spiro atoms. The van der Waals surface area contributed by atoms with Crippen LogP contribution in [0.3, 0.4) is 0 Å². The first-order valence-corrected chi connectivity index (χ1v) is 5.31. The number of hydrogen-bond acceptors (Lipinski definition) is 4. The number of halogens is 2. The number of non-ortho nitro benzene ring substituents is 1. The van der Waals surface area contributed by atoms with Gasteiger partial charge in [-0.1, -0.05) is 11.6 Å². The number of ether oxygens (including phenoxy) is 1. The van der Waals surface area contributed by atoms with Crippen molar-refractivity contribution < 1.29 is 9.66 Å². The molecule has 0 amide bonds. The molecule has 94 valence electrons. The molecule has 1 fully saturated rings. The van der Waals surface area contributed by atoms with Crippen molar-refractivity contribution in [3.63, 3.8) is 0 Å². The number of rotatable bonds is 2. The summed E-state index contributed by atoms with van der Waals surface area (Å²) in [6.07, 6.45) is 0. The van der Waals surface area contributed by atoms with E-state index in [1.165, 1.54) is 12.1 Å². The fourth-order valence-electron chi connectivity index (χ4n) is 1.68. The molecule has 1 aromatic carbocycles. The van der Waals surface area contributed by atoms with Gasteiger partial charge in [0.1, 0.15) is 0 Å². The van der Waals surface area contributed by atoms with Crippen LogP contribution in [0.25, 0.3) is 0 Å². The van der Waals surface area contributed by atoms with Gasteiger partial charge in [-0.05, 0) is 11.6 Å². The van der Waals surface area contributed by atoms with Crippen LogP contribution in [0.15, 0.2) is 18.2 Å². The van der Waals surface area contributed by atoms with E-state index in [2.05, 4.69) is 5.32 Å². The Morgan fingerprint density at radius 2 is 2.29 bits per heavy atom. The molecule has 0 aliphatic carbocycles. The summed E-state index contributed by atoms with van der Waals surface area (Å²) in [5.74, 6) is 0. The molecule has 0 aromatic heterocycles. The van der Waals surface area contributed by atoms with Crippen LogP contribution in [-0.4, -0.2) is 24.7 Å². The highest BCUT2D eigenvalue weighted by atomic mass is 35.5. The van der Waals surface area contributed by atoms with Gasteiger partial charge in [-0.25, -0.2) is 0 Å². The molecule has 0 bridgehead atoms. The zero-order chi connectivity index (χ0) is 11.5. The fraction of sp³-hybridized carbons (Fsp3) is 0.400. The van der Waals surface area contributed by atoms with Crippen LogP contribution >= 0.6 is 24.0 Å². The summed E-state index contributed by atoms with van der Waals surface area (Å²) in [4.78, 5) is 10.2. The maximum atomic E-state index is 10.7. The lowest BCUT2D eigenvalue weighted by atomic mass is 10.1. The van der Waals surface area contributed by atoms with E-state index in [1.807, 2.05) is 0 Å². The van der Waals surface area contributed by atoms with Crippen LogP contribution in [0.5, 0.6) is 0 Å². The van der Waals surface area contributed by atoms with Gasteiger partial charge in [0.15, 0.2) is 0 Å². The van der Waals surface area contributed by atoms with E-state index >= 15 is 0 Å². The fourth-order valence-corrected chi connectivity index (χ4v) is 1.93. The van der Waals surface area contributed by atoms with E-state index in [9.17, 15) is 10.1 Å². The largest absolute Gasteiger partial charge is 0.378 e. The third-order valence-electron chi connectivity index (χ3n) is 2.49. The first-order chi connectivity index (χ1) is 7.68. The minimum absolute atomic E-state index is 0. The normalized spacial score (nSPS) is 19.5. The van der Waals surface area contributed by atoms with Crippen LogP contribution in [0, 0.1) is 10.1 Å². The Bertz CT molecular complexity index is 409. The van der Waals surface area contributed by atoms with Gasteiger partial charge >= 0.3 is 0 Å². The minimum Gasteiger partial charge on any atom is -0.378 e. The second kappa shape index (κ2) is 6.16. The number of nitro groups is 1. The van der Waals surface area contributed by atoms with Crippen molar-refractivity contribution in [3.05, 3.63) is 38.9 Å². The summed E-state index contributed by atoms with van der Waals surface area (Å²) in [7, 11) is 0. The van der Waals surface area contributed by atoms with E-state index in [0.29, 0.717) is 18.2 Å². The van der Waals surface area contributed by atoms with E-state index in [1.54, 1.807) is 6.07 Å². The topological polar surface area (TPSA) is 64.4 Å². The summed E-state index contributed by atoms with van der Waals surface area (Å²) in [6.45, 7) is 1.87. The molecule has 1 aliphatic rings. The molecular formula is C10H12Cl2N2O3. The zero-order valence-corrected chi connectivity index (χ0v) is 10.5. The second-order valence-electron chi connectivity index (χ2n) is 3.54. The summed E-state index contributed by atoms with van der Waals surface area (Å²) in [6, 6.07) is 4.37. The van der Waals surface area contributed by atoms with E-state index in [4.69, 9.17) is 16.3 Å². The standard InChI is InChI=1S/C10H11ClN2O3.ClH/c11-9-2-1-7(13(14)15)5-8(9)10-6-16-4-3-12-10;/h1-2,5,10,12H,3-4,6H2;1H/t10-;/m1./s1. The Balaban J connectivity index is 0.00000144. The highest BCUT2D eigenvalue weighted by Gasteiger charge is 2.20. The first kappa shape index (κ1) is 14.2. The number of morpholine rings is 1. The van der Waals surface area contributed by atoms with Crippen LogP contribution in [-0.2, 0) is 4.74 Å². The highest BCUT2D eigenvalue weighted by Crippen LogP contribution is 2.28. The molecule has 1 N–H and O–H groups in total. The molecular weight excluding hydrogens is 267 g/mol. The molecule has 7 heteroatoms. The number of benzene rings is 1. The van der Waals surface area contributed by atoms with Gasteiger partial charge in [-0.3, -0.25) is 10.1 Å². The summed E-state index contributed by atoms with van der Waals surface area (Å²) >= 11 is 6.02. The summed E-state index contributed by atoms with van der Waals surface area (Å²) in [5, 5.41) is 14.4. The third kappa shape index (κ3) is 3.29. The van der Waals surface area contributed by atoms with Gasteiger partial charge in [0.25, 0.3) is 5.69 Å². The van der Waals surface area contributed by atoms with Crippen molar-refractivity contribution in [2.24, 2.45) is 0 Å². The number of hydrogen-bond donors (Lipinski definition) is 1. The molecule has 5 nitrogen and oxygen atoms in total. The number of nitrogens with zero attached hydrogens (tertiary/aromatic N) is 1. The Kier molecular flexibility index (Phi) is 5.14. The van der Waals surface area contributed by atoms with E-state index in [0.717, 1.165) is 12.1 Å². The molecule has 17 heavy (non-hydrogen) atoms. The van der Waals surface area contributed by atoms with Crippen molar-refractivity contribution in [2.45, 2.75) is 6.04 Å². The van der Waals surface area contributed by atoms with Crippen LogP contribution in [0.1, 0.15) is 11.6 Å².